The number of nitrogen functional groups attached to an aromatic ring is 1. The third kappa shape index (κ3) is 3.74. The number of benzene rings is 1. The predicted octanol–water partition coefficient (Wildman–Crippen LogP) is 2.05. The monoisotopic (exact) mass is 291 g/mol. The van der Waals surface area contributed by atoms with Gasteiger partial charge >= 0.3 is 0 Å². The number of nitrogens with zero attached hydrogens (tertiary/aromatic N) is 1. The first-order chi connectivity index (χ1) is 10.2. The van der Waals surface area contributed by atoms with Crippen LogP contribution in [-0.4, -0.2) is 35.1 Å². The van der Waals surface area contributed by atoms with Crippen molar-refractivity contribution in [3.05, 3.63) is 29.3 Å². The highest BCUT2D eigenvalue weighted by molar-refractivity contribution is 5.95. The summed E-state index contributed by atoms with van der Waals surface area (Å²) < 4.78 is 0. The van der Waals surface area contributed by atoms with Crippen molar-refractivity contribution in [2.75, 3.05) is 18.6 Å². The fourth-order valence-electron chi connectivity index (χ4n) is 3.07. The molecule has 0 unspecified atom stereocenters. The van der Waals surface area contributed by atoms with Crippen LogP contribution >= 0.6 is 0 Å². The molecule has 1 aromatic rings. The summed E-state index contributed by atoms with van der Waals surface area (Å²) >= 11 is 0. The van der Waals surface area contributed by atoms with Crippen LogP contribution in [0.2, 0.25) is 0 Å². The number of aliphatic hydroxyl groups is 1. The number of hydrazine groups is 1. The maximum Gasteiger partial charge on any atom is 0.254 e. The lowest BCUT2D eigenvalue weighted by atomic mass is 9.93. The van der Waals surface area contributed by atoms with Gasteiger partial charge in [-0.2, -0.15) is 0 Å². The van der Waals surface area contributed by atoms with Crippen molar-refractivity contribution in [2.45, 2.75) is 45.1 Å². The summed E-state index contributed by atoms with van der Waals surface area (Å²) in [6, 6.07) is 5.72. The fraction of sp³-hybridized carbons (Fsp3) is 0.562. The number of hydrogen-bond acceptors (Lipinski definition) is 4. The molecule has 1 fully saturated rings. The van der Waals surface area contributed by atoms with Crippen LogP contribution in [0.25, 0.3) is 0 Å². The van der Waals surface area contributed by atoms with E-state index in [-0.39, 0.29) is 18.6 Å². The van der Waals surface area contributed by atoms with E-state index in [0.717, 1.165) is 36.9 Å². The fourth-order valence-corrected chi connectivity index (χ4v) is 3.07. The van der Waals surface area contributed by atoms with Gasteiger partial charge < -0.3 is 15.4 Å². The standard InChI is InChI=1S/C16H25N3O2/c1-12-11-13(7-8-15(12)18-17)16(21)19(9-10-20)14-5-3-2-4-6-14/h7-8,11,14,18,20H,2-6,9-10,17H2,1H3. The van der Waals surface area contributed by atoms with Gasteiger partial charge in [0.25, 0.3) is 5.91 Å². The average Bonchev–Trinajstić information content (AvgIpc) is 2.52. The number of aliphatic hydroxyl groups excluding tert-OH is 1. The van der Waals surface area contributed by atoms with Crippen molar-refractivity contribution in [2.24, 2.45) is 5.84 Å². The molecule has 2 rings (SSSR count). The second kappa shape index (κ2) is 7.43. The zero-order valence-corrected chi connectivity index (χ0v) is 12.6. The van der Waals surface area contributed by atoms with Crippen LogP contribution in [0.4, 0.5) is 5.69 Å². The molecule has 0 atom stereocenters. The minimum Gasteiger partial charge on any atom is -0.395 e. The van der Waals surface area contributed by atoms with Crippen molar-refractivity contribution in [1.29, 1.82) is 0 Å². The van der Waals surface area contributed by atoms with E-state index in [0.29, 0.717) is 12.1 Å². The Morgan fingerprint density at radius 2 is 2.10 bits per heavy atom. The third-order valence-corrected chi connectivity index (χ3v) is 4.25. The smallest absolute Gasteiger partial charge is 0.254 e. The molecule has 1 amide bonds. The molecule has 1 saturated carbocycles. The topological polar surface area (TPSA) is 78.6 Å². The van der Waals surface area contributed by atoms with E-state index in [1.54, 1.807) is 6.07 Å². The number of hydrogen-bond donors (Lipinski definition) is 3. The van der Waals surface area contributed by atoms with Crippen molar-refractivity contribution in [3.63, 3.8) is 0 Å². The van der Waals surface area contributed by atoms with E-state index in [9.17, 15) is 9.90 Å². The molecule has 0 spiro atoms. The van der Waals surface area contributed by atoms with Crippen molar-refractivity contribution in [1.82, 2.24) is 4.90 Å². The molecule has 4 N–H and O–H groups in total. The molecule has 0 bridgehead atoms. The van der Waals surface area contributed by atoms with Crippen molar-refractivity contribution in [3.8, 4) is 0 Å². The van der Waals surface area contributed by atoms with Crippen LogP contribution in [0, 0.1) is 6.92 Å². The molecule has 5 nitrogen and oxygen atoms in total. The molecule has 0 heterocycles. The Hall–Kier alpha value is -1.59. The highest BCUT2D eigenvalue weighted by Gasteiger charge is 2.26. The number of aryl methyl sites for hydroxylation is 1. The van der Waals surface area contributed by atoms with Crippen LogP contribution in [-0.2, 0) is 0 Å². The number of amides is 1. The molecular weight excluding hydrogens is 266 g/mol. The Morgan fingerprint density at radius 3 is 2.67 bits per heavy atom. The zero-order valence-electron chi connectivity index (χ0n) is 12.6. The Morgan fingerprint density at radius 1 is 1.38 bits per heavy atom. The molecule has 116 valence electrons. The predicted molar refractivity (Wildman–Crippen MR) is 84.0 cm³/mol. The zero-order chi connectivity index (χ0) is 15.2. The molecule has 0 aromatic heterocycles. The average molecular weight is 291 g/mol. The Labute approximate surface area is 126 Å². The van der Waals surface area contributed by atoms with Gasteiger partial charge in [0.2, 0.25) is 0 Å². The summed E-state index contributed by atoms with van der Waals surface area (Å²) in [5.74, 6) is 5.43. The Balaban J connectivity index is 2.19. The first-order valence-electron chi connectivity index (χ1n) is 7.66. The number of carbonyl (C=O) groups excluding carboxylic acids is 1. The molecule has 1 aliphatic rings. The molecule has 0 aliphatic heterocycles. The molecule has 1 aromatic carbocycles. The van der Waals surface area contributed by atoms with Gasteiger partial charge in [0.1, 0.15) is 0 Å². The lowest BCUT2D eigenvalue weighted by Gasteiger charge is -2.34. The van der Waals surface area contributed by atoms with Gasteiger partial charge in [0.05, 0.1) is 12.3 Å². The number of nitrogens with two attached hydrogens (primary N) is 1. The summed E-state index contributed by atoms with van der Waals surface area (Å²) in [4.78, 5) is 14.6. The van der Waals surface area contributed by atoms with Gasteiger partial charge in [0, 0.05) is 18.2 Å². The van der Waals surface area contributed by atoms with Gasteiger partial charge in [-0.3, -0.25) is 10.6 Å². The first kappa shape index (κ1) is 15.8. The van der Waals surface area contributed by atoms with Crippen LogP contribution in [0.1, 0.15) is 48.0 Å². The number of rotatable bonds is 5. The summed E-state index contributed by atoms with van der Waals surface area (Å²) in [7, 11) is 0. The minimum atomic E-state index is 0.00243. The van der Waals surface area contributed by atoms with Crippen LogP contribution in [0.3, 0.4) is 0 Å². The maximum atomic E-state index is 12.7. The van der Waals surface area contributed by atoms with Crippen molar-refractivity contribution < 1.29 is 9.90 Å². The second-order valence-electron chi connectivity index (χ2n) is 5.69. The second-order valence-corrected chi connectivity index (χ2v) is 5.69. The lowest BCUT2D eigenvalue weighted by Crippen LogP contribution is -2.43. The summed E-state index contributed by atoms with van der Waals surface area (Å²) in [5, 5.41) is 9.28. The molecular formula is C16H25N3O2. The van der Waals surface area contributed by atoms with E-state index < -0.39 is 0 Å². The summed E-state index contributed by atoms with van der Waals surface area (Å²) in [6.07, 6.45) is 5.64. The van der Waals surface area contributed by atoms with Gasteiger partial charge in [0.15, 0.2) is 0 Å². The first-order valence-corrected chi connectivity index (χ1v) is 7.66. The summed E-state index contributed by atoms with van der Waals surface area (Å²) in [6.45, 7) is 2.33. The molecule has 5 heteroatoms. The van der Waals surface area contributed by atoms with E-state index in [4.69, 9.17) is 5.84 Å². The van der Waals surface area contributed by atoms with Crippen LogP contribution in [0.5, 0.6) is 0 Å². The number of anilines is 1. The molecule has 1 aliphatic carbocycles. The maximum absolute atomic E-state index is 12.7. The van der Waals surface area contributed by atoms with E-state index in [1.807, 2.05) is 24.0 Å². The van der Waals surface area contributed by atoms with Gasteiger partial charge in [-0.25, -0.2) is 0 Å². The van der Waals surface area contributed by atoms with E-state index >= 15 is 0 Å². The van der Waals surface area contributed by atoms with Crippen LogP contribution in [0.15, 0.2) is 18.2 Å². The number of nitrogens with one attached hydrogen (secondary N) is 1. The van der Waals surface area contributed by atoms with Crippen molar-refractivity contribution >= 4 is 11.6 Å². The van der Waals surface area contributed by atoms with Crippen LogP contribution < -0.4 is 11.3 Å². The molecule has 21 heavy (non-hydrogen) atoms. The van der Waals surface area contributed by atoms with Gasteiger partial charge in [-0.05, 0) is 43.5 Å². The van der Waals surface area contributed by atoms with E-state index in [2.05, 4.69) is 5.43 Å². The largest absolute Gasteiger partial charge is 0.395 e. The number of carbonyl (C=O) groups is 1. The third-order valence-electron chi connectivity index (χ3n) is 4.25. The summed E-state index contributed by atoms with van der Waals surface area (Å²) in [5.41, 5.74) is 5.03. The van der Waals surface area contributed by atoms with E-state index in [1.165, 1.54) is 6.42 Å². The van der Waals surface area contributed by atoms with Gasteiger partial charge in [-0.15, -0.1) is 0 Å². The normalized spacial score (nSPS) is 15.8. The highest BCUT2D eigenvalue weighted by atomic mass is 16.3. The Kier molecular flexibility index (Phi) is 5.59. The molecule has 0 radical (unpaired) electrons. The highest BCUT2D eigenvalue weighted by Crippen LogP contribution is 2.25. The quantitative estimate of drug-likeness (QED) is 0.573. The lowest BCUT2D eigenvalue weighted by molar-refractivity contribution is 0.0585. The molecule has 0 saturated heterocycles. The Bertz CT molecular complexity index is 484. The SMILES string of the molecule is Cc1cc(C(=O)N(CCO)C2CCCCC2)ccc1NN. The van der Waals surface area contributed by atoms with Gasteiger partial charge in [-0.1, -0.05) is 19.3 Å². The minimum absolute atomic E-state index is 0.00243.